The normalized spacial score (nSPS) is 12.6. The number of anilines is 3. The molecule has 2 amide bonds. The fourth-order valence-corrected chi connectivity index (χ4v) is 3.68. The lowest BCUT2D eigenvalue weighted by molar-refractivity contribution is -0.113. The van der Waals surface area contributed by atoms with Gasteiger partial charge in [0.05, 0.1) is 11.4 Å². The van der Waals surface area contributed by atoms with Crippen LogP contribution in [0.25, 0.3) is 0 Å². The van der Waals surface area contributed by atoms with E-state index in [1.807, 2.05) is 60.7 Å². The minimum Gasteiger partial charge on any atom is -0.381 e. The molecule has 3 aromatic carbocycles. The quantitative estimate of drug-likeness (QED) is 0.597. The van der Waals surface area contributed by atoms with Crippen LogP contribution >= 0.6 is 11.8 Å². The smallest absolute Gasteiger partial charge is 0.255 e. The number of nitrogens with one attached hydrogen (secondary N) is 3. The molecule has 0 radical (unpaired) electrons. The number of para-hydroxylation sites is 1. The van der Waals surface area contributed by atoms with Gasteiger partial charge in [-0.3, -0.25) is 9.59 Å². The minimum atomic E-state index is -0.206. The van der Waals surface area contributed by atoms with E-state index in [4.69, 9.17) is 0 Å². The first-order chi connectivity index (χ1) is 13.7. The zero-order valence-electron chi connectivity index (χ0n) is 15.1. The van der Waals surface area contributed by atoms with Crippen LogP contribution in [0, 0.1) is 0 Å². The predicted octanol–water partition coefficient (Wildman–Crippen LogP) is 4.60. The van der Waals surface area contributed by atoms with Gasteiger partial charge >= 0.3 is 0 Å². The van der Waals surface area contributed by atoms with Crippen LogP contribution in [0.2, 0.25) is 0 Å². The molecule has 0 spiro atoms. The maximum atomic E-state index is 12.5. The van der Waals surface area contributed by atoms with Gasteiger partial charge in [-0.25, -0.2) is 0 Å². The Balaban J connectivity index is 1.38. The SMILES string of the molecule is O=C1CSc2ccc(C(=O)Nc3ccc(CNc4ccccc4)cc3)cc2N1. The maximum absolute atomic E-state index is 12.5. The van der Waals surface area contributed by atoms with Gasteiger partial charge in [-0.15, -0.1) is 11.8 Å². The van der Waals surface area contributed by atoms with E-state index in [-0.39, 0.29) is 11.8 Å². The van der Waals surface area contributed by atoms with Crippen LogP contribution in [-0.4, -0.2) is 17.6 Å². The number of carbonyl (C=O) groups is 2. The highest BCUT2D eigenvalue weighted by Crippen LogP contribution is 2.32. The second-order valence-corrected chi connectivity index (χ2v) is 7.44. The van der Waals surface area contributed by atoms with Crippen LogP contribution in [0.4, 0.5) is 17.1 Å². The van der Waals surface area contributed by atoms with Gasteiger partial charge in [-0.05, 0) is 48.0 Å². The van der Waals surface area contributed by atoms with Crippen molar-refractivity contribution in [2.75, 3.05) is 21.7 Å². The number of fused-ring (bicyclic) bond motifs is 1. The van der Waals surface area contributed by atoms with Crippen LogP contribution in [0.1, 0.15) is 15.9 Å². The summed E-state index contributed by atoms with van der Waals surface area (Å²) in [6, 6.07) is 23.1. The number of hydrogen-bond acceptors (Lipinski definition) is 4. The minimum absolute atomic E-state index is 0.0465. The molecule has 28 heavy (non-hydrogen) atoms. The summed E-state index contributed by atoms with van der Waals surface area (Å²) in [7, 11) is 0. The Morgan fingerprint density at radius 1 is 0.964 bits per heavy atom. The molecule has 0 saturated carbocycles. The molecule has 1 aliphatic rings. The Morgan fingerprint density at radius 3 is 2.54 bits per heavy atom. The van der Waals surface area contributed by atoms with Crippen molar-refractivity contribution in [2.45, 2.75) is 11.4 Å². The third-order valence-corrected chi connectivity index (χ3v) is 5.43. The molecule has 0 aliphatic carbocycles. The lowest BCUT2D eigenvalue weighted by Crippen LogP contribution is -2.19. The average molecular weight is 389 g/mol. The summed E-state index contributed by atoms with van der Waals surface area (Å²) in [6.45, 7) is 0.709. The molecule has 0 aromatic heterocycles. The summed E-state index contributed by atoms with van der Waals surface area (Å²) < 4.78 is 0. The second kappa shape index (κ2) is 8.19. The van der Waals surface area contributed by atoms with E-state index in [0.717, 1.165) is 21.8 Å². The number of hydrogen-bond donors (Lipinski definition) is 3. The van der Waals surface area contributed by atoms with E-state index in [1.54, 1.807) is 12.1 Å². The molecule has 5 nitrogen and oxygen atoms in total. The number of carbonyl (C=O) groups excluding carboxylic acids is 2. The molecule has 0 saturated heterocycles. The molecule has 1 heterocycles. The van der Waals surface area contributed by atoms with Gasteiger partial charge in [0.25, 0.3) is 5.91 Å². The molecule has 0 atom stereocenters. The van der Waals surface area contributed by atoms with Crippen LogP contribution in [0.15, 0.2) is 77.7 Å². The predicted molar refractivity (Wildman–Crippen MR) is 114 cm³/mol. The Kier molecular flexibility index (Phi) is 5.30. The van der Waals surface area contributed by atoms with Gasteiger partial charge in [0, 0.05) is 28.4 Å². The number of rotatable bonds is 5. The Labute approximate surface area is 167 Å². The van der Waals surface area contributed by atoms with Crippen molar-refractivity contribution >= 4 is 40.6 Å². The largest absolute Gasteiger partial charge is 0.381 e. The number of amides is 2. The molecule has 1 aliphatic heterocycles. The zero-order valence-corrected chi connectivity index (χ0v) is 15.9. The van der Waals surface area contributed by atoms with E-state index < -0.39 is 0 Å². The standard InChI is InChI=1S/C22H19N3O2S/c26-21-14-28-20-11-8-16(12-19(20)25-21)22(27)24-18-9-6-15(7-10-18)13-23-17-4-2-1-3-5-17/h1-12,23H,13-14H2,(H,24,27)(H,25,26). The summed E-state index contributed by atoms with van der Waals surface area (Å²) in [6.07, 6.45) is 0. The highest BCUT2D eigenvalue weighted by Gasteiger charge is 2.17. The van der Waals surface area contributed by atoms with E-state index in [2.05, 4.69) is 16.0 Å². The number of benzene rings is 3. The van der Waals surface area contributed by atoms with Crippen molar-refractivity contribution in [1.29, 1.82) is 0 Å². The van der Waals surface area contributed by atoms with Crippen molar-refractivity contribution in [3.05, 3.63) is 83.9 Å². The zero-order chi connectivity index (χ0) is 19.3. The lowest BCUT2D eigenvalue weighted by atomic mass is 10.1. The van der Waals surface area contributed by atoms with Crippen LogP contribution in [-0.2, 0) is 11.3 Å². The average Bonchev–Trinajstić information content (AvgIpc) is 2.73. The topological polar surface area (TPSA) is 70.2 Å². The first kappa shape index (κ1) is 18.1. The highest BCUT2D eigenvalue weighted by atomic mass is 32.2. The fraction of sp³-hybridized carbons (Fsp3) is 0.0909. The third kappa shape index (κ3) is 4.35. The van der Waals surface area contributed by atoms with E-state index in [9.17, 15) is 9.59 Å². The maximum Gasteiger partial charge on any atom is 0.255 e. The second-order valence-electron chi connectivity index (χ2n) is 6.42. The van der Waals surface area contributed by atoms with Crippen LogP contribution < -0.4 is 16.0 Å². The Bertz CT molecular complexity index is 1000. The molecular weight excluding hydrogens is 370 g/mol. The van der Waals surface area contributed by atoms with Crippen molar-refractivity contribution in [3.63, 3.8) is 0 Å². The molecular formula is C22H19N3O2S. The van der Waals surface area contributed by atoms with E-state index >= 15 is 0 Å². The van der Waals surface area contributed by atoms with Crippen LogP contribution in [0.5, 0.6) is 0 Å². The number of thioether (sulfide) groups is 1. The van der Waals surface area contributed by atoms with Gasteiger partial charge in [-0.1, -0.05) is 30.3 Å². The van der Waals surface area contributed by atoms with E-state index in [0.29, 0.717) is 23.5 Å². The molecule has 3 aromatic rings. The lowest BCUT2D eigenvalue weighted by Gasteiger charge is -2.17. The van der Waals surface area contributed by atoms with Gasteiger partial charge < -0.3 is 16.0 Å². The Hall–Kier alpha value is -3.25. The molecule has 4 rings (SSSR count). The summed E-state index contributed by atoms with van der Waals surface area (Å²) >= 11 is 1.48. The summed E-state index contributed by atoms with van der Waals surface area (Å²) in [5.74, 6) is 0.154. The van der Waals surface area contributed by atoms with Gasteiger partial charge in [0.15, 0.2) is 0 Å². The van der Waals surface area contributed by atoms with Crippen LogP contribution in [0.3, 0.4) is 0 Å². The van der Waals surface area contributed by atoms with Crippen molar-refractivity contribution in [2.24, 2.45) is 0 Å². The molecule has 0 fully saturated rings. The van der Waals surface area contributed by atoms with Gasteiger partial charge in [0.1, 0.15) is 0 Å². The monoisotopic (exact) mass is 389 g/mol. The fourth-order valence-electron chi connectivity index (χ4n) is 2.89. The molecule has 0 unspecified atom stereocenters. The van der Waals surface area contributed by atoms with Crippen molar-refractivity contribution < 1.29 is 9.59 Å². The molecule has 6 heteroatoms. The first-order valence-electron chi connectivity index (χ1n) is 8.93. The Morgan fingerprint density at radius 2 is 1.75 bits per heavy atom. The van der Waals surface area contributed by atoms with Crippen molar-refractivity contribution in [1.82, 2.24) is 0 Å². The van der Waals surface area contributed by atoms with Gasteiger partial charge in [0.2, 0.25) is 5.91 Å². The van der Waals surface area contributed by atoms with Crippen molar-refractivity contribution in [3.8, 4) is 0 Å². The summed E-state index contributed by atoms with van der Waals surface area (Å²) in [4.78, 5) is 25.0. The molecule has 0 bridgehead atoms. The molecule has 140 valence electrons. The summed E-state index contributed by atoms with van der Waals surface area (Å²) in [5, 5.41) is 9.06. The highest BCUT2D eigenvalue weighted by molar-refractivity contribution is 8.00. The summed E-state index contributed by atoms with van der Waals surface area (Å²) in [5.41, 5.74) is 4.12. The van der Waals surface area contributed by atoms with Gasteiger partial charge in [-0.2, -0.15) is 0 Å². The van der Waals surface area contributed by atoms with E-state index in [1.165, 1.54) is 11.8 Å². The third-order valence-electron chi connectivity index (χ3n) is 4.36. The molecule has 3 N–H and O–H groups in total. The first-order valence-corrected chi connectivity index (χ1v) is 9.92.